The summed E-state index contributed by atoms with van der Waals surface area (Å²) in [6, 6.07) is 20.1. The Labute approximate surface area is 209 Å². The maximum atomic E-state index is 12.6. The van der Waals surface area contributed by atoms with E-state index in [1.54, 1.807) is 79.7 Å². The first-order valence-electron chi connectivity index (χ1n) is 11.4. The predicted octanol–water partition coefficient (Wildman–Crippen LogP) is 4.18. The molecule has 186 valence electrons. The number of hydrogen-bond donors (Lipinski definition) is 2. The van der Waals surface area contributed by atoms with Crippen LogP contribution in [-0.4, -0.2) is 37.2 Å². The Hall–Kier alpha value is -4.66. The van der Waals surface area contributed by atoms with E-state index in [9.17, 15) is 14.4 Å². The van der Waals surface area contributed by atoms with E-state index >= 15 is 0 Å². The van der Waals surface area contributed by atoms with Crippen LogP contribution in [0.5, 0.6) is 17.2 Å². The molecule has 3 aromatic rings. The molecule has 0 spiro atoms. The van der Waals surface area contributed by atoms with Crippen molar-refractivity contribution in [1.29, 1.82) is 0 Å². The van der Waals surface area contributed by atoms with Gasteiger partial charge < -0.3 is 19.5 Å². The zero-order valence-corrected chi connectivity index (χ0v) is 20.0. The molecule has 0 radical (unpaired) electrons. The van der Waals surface area contributed by atoms with Crippen molar-refractivity contribution in [3.05, 3.63) is 83.9 Å². The third kappa shape index (κ3) is 7.69. The lowest BCUT2D eigenvalue weighted by Gasteiger charge is -2.12. The quantitative estimate of drug-likeness (QED) is 0.145. The Morgan fingerprint density at radius 3 is 2.31 bits per heavy atom. The van der Waals surface area contributed by atoms with Gasteiger partial charge in [0.05, 0.1) is 25.0 Å². The first-order valence-corrected chi connectivity index (χ1v) is 11.4. The van der Waals surface area contributed by atoms with Gasteiger partial charge in [-0.3, -0.25) is 9.59 Å². The minimum atomic E-state index is -0.920. The molecule has 0 saturated heterocycles. The van der Waals surface area contributed by atoms with Crippen LogP contribution in [0.3, 0.4) is 0 Å². The molecule has 0 atom stereocenters. The van der Waals surface area contributed by atoms with Crippen LogP contribution in [0.15, 0.2) is 77.9 Å². The lowest BCUT2D eigenvalue weighted by atomic mass is 10.2. The van der Waals surface area contributed by atoms with Crippen molar-refractivity contribution in [2.75, 3.05) is 18.5 Å². The molecule has 9 heteroatoms. The summed E-state index contributed by atoms with van der Waals surface area (Å²) in [5.41, 5.74) is 3.58. The number of amides is 2. The average molecular weight is 490 g/mol. The summed E-state index contributed by atoms with van der Waals surface area (Å²) < 4.78 is 16.6. The number of para-hydroxylation sites is 1. The van der Waals surface area contributed by atoms with Crippen LogP contribution in [0.2, 0.25) is 0 Å². The van der Waals surface area contributed by atoms with E-state index < -0.39 is 17.8 Å². The zero-order chi connectivity index (χ0) is 25.8. The van der Waals surface area contributed by atoms with Crippen molar-refractivity contribution in [1.82, 2.24) is 5.43 Å². The summed E-state index contributed by atoms with van der Waals surface area (Å²) in [5.74, 6) is -1.08. The summed E-state index contributed by atoms with van der Waals surface area (Å²) in [6.07, 6.45) is 2.23. The Morgan fingerprint density at radius 2 is 1.61 bits per heavy atom. The standard InChI is InChI=1S/C27H27N3O6/c1-3-16-35-22-13-11-20(12-14-22)27(33)36-23-15-10-19(17-24(23)34-4-2)18-28-30-26(32)25(31)29-21-8-6-5-7-9-21/h5-15,17-18H,3-4,16H2,1-2H3,(H,29,31)(H,30,32)/b28-18+. The number of nitrogens with one attached hydrogen (secondary N) is 2. The van der Waals surface area contributed by atoms with Crippen LogP contribution < -0.4 is 25.0 Å². The smallest absolute Gasteiger partial charge is 0.343 e. The van der Waals surface area contributed by atoms with Crippen LogP contribution in [0.1, 0.15) is 36.2 Å². The number of benzene rings is 3. The van der Waals surface area contributed by atoms with Crippen LogP contribution >= 0.6 is 0 Å². The monoisotopic (exact) mass is 489 g/mol. The zero-order valence-electron chi connectivity index (χ0n) is 20.0. The van der Waals surface area contributed by atoms with E-state index in [4.69, 9.17) is 14.2 Å². The Kier molecular flexibility index (Phi) is 9.58. The fourth-order valence-electron chi connectivity index (χ4n) is 2.95. The fourth-order valence-corrected chi connectivity index (χ4v) is 2.95. The largest absolute Gasteiger partial charge is 0.494 e. The molecule has 0 fully saturated rings. The van der Waals surface area contributed by atoms with Crippen molar-refractivity contribution in [3.8, 4) is 17.2 Å². The molecule has 0 unspecified atom stereocenters. The van der Waals surface area contributed by atoms with Crippen molar-refractivity contribution >= 4 is 29.7 Å². The first-order chi connectivity index (χ1) is 17.5. The van der Waals surface area contributed by atoms with Gasteiger partial charge in [-0.05, 0) is 73.5 Å². The van der Waals surface area contributed by atoms with Gasteiger partial charge in [0, 0.05) is 5.69 Å². The van der Waals surface area contributed by atoms with Crippen LogP contribution in [-0.2, 0) is 9.59 Å². The van der Waals surface area contributed by atoms with E-state index in [0.717, 1.165) is 6.42 Å². The van der Waals surface area contributed by atoms with Crippen LogP contribution in [0.25, 0.3) is 0 Å². The summed E-state index contributed by atoms with van der Waals surface area (Å²) in [7, 11) is 0. The van der Waals surface area contributed by atoms with Crippen LogP contribution in [0.4, 0.5) is 5.69 Å². The maximum Gasteiger partial charge on any atom is 0.343 e. The van der Waals surface area contributed by atoms with Gasteiger partial charge in [0.2, 0.25) is 0 Å². The minimum Gasteiger partial charge on any atom is -0.494 e. The molecule has 9 nitrogen and oxygen atoms in total. The molecular formula is C27H27N3O6. The van der Waals surface area contributed by atoms with Gasteiger partial charge in [-0.1, -0.05) is 25.1 Å². The minimum absolute atomic E-state index is 0.233. The third-order valence-electron chi connectivity index (χ3n) is 4.65. The number of carbonyl (C=O) groups is 3. The maximum absolute atomic E-state index is 12.6. The predicted molar refractivity (Wildman–Crippen MR) is 136 cm³/mol. The summed E-state index contributed by atoms with van der Waals surface area (Å²) in [4.78, 5) is 36.5. The topological polar surface area (TPSA) is 115 Å². The Morgan fingerprint density at radius 1 is 0.861 bits per heavy atom. The molecular weight excluding hydrogens is 462 g/mol. The molecule has 0 heterocycles. The van der Waals surface area contributed by atoms with Gasteiger partial charge in [0.15, 0.2) is 11.5 Å². The third-order valence-corrected chi connectivity index (χ3v) is 4.65. The highest BCUT2D eigenvalue weighted by atomic mass is 16.6. The molecule has 36 heavy (non-hydrogen) atoms. The molecule has 0 saturated carbocycles. The fraction of sp³-hybridized carbons (Fsp3) is 0.185. The van der Waals surface area contributed by atoms with Gasteiger partial charge in [-0.15, -0.1) is 0 Å². The SMILES string of the molecule is CCCOc1ccc(C(=O)Oc2ccc(/C=N/NC(=O)C(=O)Nc3ccccc3)cc2OCC)cc1. The number of hydrazone groups is 1. The highest BCUT2D eigenvalue weighted by molar-refractivity contribution is 6.39. The second-order valence-electron chi connectivity index (χ2n) is 7.42. The molecule has 2 amide bonds. The molecule has 0 aliphatic rings. The second-order valence-corrected chi connectivity index (χ2v) is 7.42. The van der Waals surface area contributed by atoms with Gasteiger partial charge in [0.25, 0.3) is 0 Å². The molecule has 0 aliphatic carbocycles. The number of esters is 1. The van der Waals surface area contributed by atoms with Gasteiger partial charge in [-0.25, -0.2) is 10.2 Å². The highest BCUT2D eigenvalue weighted by Gasteiger charge is 2.14. The number of anilines is 1. The average Bonchev–Trinajstić information content (AvgIpc) is 2.89. The number of hydrogen-bond acceptors (Lipinski definition) is 7. The van der Waals surface area contributed by atoms with Crippen molar-refractivity contribution in [2.24, 2.45) is 5.10 Å². The van der Waals surface area contributed by atoms with E-state index in [-0.39, 0.29) is 5.75 Å². The van der Waals surface area contributed by atoms with Gasteiger partial charge >= 0.3 is 17.8 Å². The van der Waals surface area contributed by atoms with Gasteiger partial charge in [-0.2, -0.15) is 5.10 Å². The molecule has 2 N–H and O–H groups in total. The molecule has 0 aliphatic heterocycles. The number of rotatable bonds is 10. The summed E-state index contributed by atoms with van der Waals surface area (Å²) in [5, 5.41) is 6.28. The van der Waals surface area contributed by atoms with E-state index in [0.29, 0.717) is 41.5 Å². The molecule has 0 aromatic heterocycles. The lowest BCUT2D eigenvalue weighted by Crippen LogP contribution is -2.32. The van der Waals surface area contributed by atoms with Crippen molar-refractivity contribution < 1.29 is 28.6 Å². The number of nitrogens with zero attached hydrogens (tertiary/aromatic N) is 1. The normalized spacial score (nSPS) is 10.5. The van der Waals surface area contributed by atoms with Gasteiger partial charge in [0.1, 0.15) is 5.75 Å². The molecule has 3 rings (SSSR count). The van der Waals surface area contributed by atoms with Crippen molar-refractivity contribution in [3.63, 3.8) is 0 Å². The molecule has 0 bridgehead atoms. The number of carbonyl (C=O) groups excluding carboxylic acids is 3. The van der Waals surface area contributed by atoms with E-state index in [2.05, 4.69) is 15.8 Å². The highest BCUT2D eigenvalue weighted by Crippen LogP contribution is 2.29. The molecule has 3 aromatic carbocycles. The Bertz CT molecular complexity index is 1210. The number of ether oxygens (including phenoxy) is 3. The summed E-state index contributed by atoms with van der Waals surface area (Å²) >= 11 is 0. The lowest BCUT2D eigenvalue weighted by molar-refractivity contribution is -0.136. The van der Waals surface area contributed by atoms with E-state index in [1.807, 2.05) is 6.92 Å². The summed E-state index contributed by atoms with van der Waals surface area (Å²) in [6.45, 7) is 4.75. The first kappa shape index (κ1) is 26.0. The Balaban J connectivity index is 1.61. The van der Waals surface area contributed by atoms with E-state index in [1.165, 1.54) is 6.21 Å². The second kappa shape index (κ2) is 13.3. The van der Waals surface area contributed by atoms with Crippen LogP contribution in [0, 0.1) is 0 Å². The van der Waals surface area contributed by atoms with Crippen molar-refractivity contribution in [2.45, 2.75) is 20.3 Å².